The lowest BCUT2D eigenvalue weighted by Gasteiger charge is -2.16. The molecule has 0 saturated heterocycles. The summed E-state index contributed by atoms with van der Waals surface area (Å²) in [5.41, 5.74) is 12.7. The first-order chi connectivity index (χ1) is 18.2. The lowest BCUT2D eigenvalue weighted by atomic mass is 9.88. The van der Waals surface area contributed by atoms with E-state index in [4.69, 9.17) is 0 Å². The van der Waals surface area contributed by atoms with Gasteiger partial charge in [-0.15, -0.1) is 0 Å². The van der Waals surface area contributed by atoms with Crippen LogP contribution in [-0.2, 0) is 6.42 Å². The fourth-order valence-electron chi connectivity index (χ4n) is 5.42. The van der Waals surface area contributed by atoms with Crippen molar-refractivity contribution >= 4 is 0 Å². The Bertz CT molecular complexity index is 1550. The number of aromatic hydroxyl groups is 2. The number of phenols is 2. The third kappa shape index (κ3) is 4.54. The van der Waals surface area contributed by atoms with Crippen molar-refractivity contribution in [2.45, 2.75) is 19.3 Å². The van der Waals surface area contributed by atoms with E-state index in [1.165, 1.54) is 39.0 Å². The fourth-order valence-corrected chi connectivity index (χ4v) is 5.42. The molecule has 4 aromatic carbocycles. The molecule has 0 radical (unpaired) electrons. The lowest BCUT2D eigenvalue weighted by molar-refractivity contribution is 0.475. The highest BCUT2D eigenvalue weighted by Gasteiger charge is 2.24. The van der Waals surface area contributed by atoms with Crippen LogP contribution in [0.5, 0.6) is 11.5 Å². The van der Waals surface area contributed by atoms with Crippen molar-refractivity contribution in [2.24, 2.45) is 0 Å². The zero-order chi connectivity index (χ0) is 25.2. The summed E-state index contributed by atoms with van der Waals surface area (Å²) in [4.78, 5) is 0. The first kappa shape index (κ1) is 22.9. The molecule has 2 nitrogen and oxygen atoms in total. The molecule has 0 aliphatic heterocycles. The Morgan fingerprint density at radius 3 is 1.68 bits per heavy atom. The molecule has 180 valence electrons. The number of phenolic OH excluding ortho intramolecular Hbond substituents is 2. The summed E-state index contributed by atoms with van der Waals surface area (Å²) in [6.07, 6.45) is 16.2. The van der Waals surface area contributed by atoms with Gasteiger partial charge in [0, 0.05) is 0 Å². The van der Waals surface area contributed by atoms with Crippen LogP contribution in [0.15, 0.2) is 133 Å². The van der Waals surface area contributed by atoms with E-state index in [9.17, 15) is 10.2 Å². The highest BCUT2D eigenvalue weighted by molar-refractivity contribution is 5.93. The maximum Gasteiger partial charge on any atom is 0.115 e. The number of allylic oxidation sites excluding steroid dienone is 8. The molecule has 2 N–H and O–H groups in total. The summed E-state index contributed by atoms with van der Waals surface area (Å²) in [5, 5.41) is 19.4. The van der Waals surface area contributed by atoms with Crippen LogP contribution in [0.25, 0.3) is 33.4 Å². The van der Waals surface area contributed by atoms with E-state index in [1.54, 1.807) is 24.3 Å². The number of benzene rings is 4. The number of rotatable bonds is 3. The second-order valence-electron chi connectivity index (χ2n) is 9.59. The molecule has 7 rings (SSSR count). The van der Waals surface area contributed by atoms with Crippen LogP contribution in [0.2, 0.25) is 0 Å². The molecular weight excluding hydrogens is 452 g/mol. The molecular formula is C35H28O2. The van der Waals surface area contributed by atoms with Crippen molar-refractivity contribution in [1.29, 1.82) is 0 Å². The largest absolute Gasteiger partial charge is 0.508 e. The maximum absolute atomic E-state index is 9.73. The minimum atomic E-state index is 0.262. The van der Waals surface area contributed by atoms with Crippen molar-refractivity contribution in [2.75, 3.05) is 0 Å². The van der Waals surface area contributed by atoms with E-state index in [2.05, 4.69) is 72.9 Å². The van der Waals surface area contributed by atoms with Crippen molar-refractivity contribution in [3.05, 3.63) is 144 Å². The van der Waals surface area contributed by atoms with E-state index >= 15 is 0 Å². The van der Waals surface area contributed by atoms with Gasteiger partial charge in [-0.2, -0.15) is 0 Å². The predicted molar refractivity (Wildman–Crippen MR) is 153 cm³/mol. The Morgan fingerprint density at radius 1 is 0.514 bits per heavy atom. The normalized spacial score (nSPS) is 14.5. The summed E-state index contributed by atoms with van der Waals surface area (Å²) in [6.45, 7) is 0. The molecule has 37 heavy (non-hydrogen) atoms. The van der Waals surface area contributed by atoms with Gasteiger partial charge >= 0.3 is 0 Å². The molecule has 0 atom stereocenters. The van der Waals surface area contributed by atoms with Gasteiger partial charge in [0.2, 0.25) is 0 Å². The quantitative estimate of drug-likeness (QED) is 0.271. The van der Waals surface area contributed by atoms with Crippen LogP contribution in [-0.4, -0.2) is 10.2 Å². The second kappa shape index (κ2) is 9.83. The number of hydrogen-bond acceptors (Lipinski definition) is 2. The van der Waals surface area contributed by atoms with Gasteiger partial charge in [-0.25, -0.2) is 0 Å². The molecule has 3 aliphatic carbocycles. The van der Waals surface area contributed by atoms with Crippen LogP contribution in [0.1, 0.15) is 24.0 Å². The Labute approximate surface area is 217 Å². The van der Waals surface area contributed by atoms with Crippen LogP contribution in [0.3, 0.4) is 0 Å². The average Bonchev–Trinajstić information content (AvgIpc) is 3.71. The van der Waals surface area contributed by atoms with E-state index in [1.807, 2.05) is 24.3 Å². The van der Waals surface area contributed by atoms with Gasteiger partial charge in [0.1, 0.15) is 11.5 Å². The zero-order valence-electron chi connectivity index (χ0n) is 20.6. The van der Waals surface area contributed by atoms with Crippen LogP contribution < -0.4 is 0 Å². The minimum absolute atomic E-state index is 0.262. The van der Waals surface area contributed by atoms with Gasteiger partial charge in [-0.3, -0.25) is 0 Å². The van der Waals surface area contributed by atoms with E-state index in [-0.39, 0.29) is 11.5 Å². The SMILES string of the molecule is C1=CCC(C2=CC=CC2)=C1.Oc1ccc(-c2ccc3c(c2-c2ccc(O)cc2)Cc2ccccc2-3)cc1. The molecule has 0 unspecified atom stereocenters. The summed E-state index contributed by atoms with van der Waals surface area (Å²) in [6, 6.07) is 27.7. The highest BCUT2D eigenvalue weighted by atomic mass is 16.3. The fraction of sp³-hybridized carbons (Fsp3) is 0.0857. The first-order valence-electron chi connectivity index (χ1n) is 12.7. The Morgan fingerprint density at radius 2 is 1.08 bits per heavy atom. The van der Waals surface area contributed by atoms with Crippen molar-refractivity contribution in [3.63, 3.8) is 0 Å². The van der Waals surface area contributed by atoms with E-state index in [0.29, 0.717) is 0 Å². The molecule has 0 bridgehead atoms. The minimum Gasteiger partial charge on any atom is -0.508 e. The monoisotopic (exact) mass is 480 g/mol. The molecule has 0 heterocycles. The number of hydrogen-bond donors (Lipinski definition) is 2. The number of fused-ring (bicyclic) bond motifs is 3. The summed E-state index contributed by atoms with van der Waals surface area (Å²) in [5.74, 6) is 0.527. The van der Waals surface area contributed by atoms with Crippen molar-refractivity contribution in [3.8, 4) is 44.9 Å². The van der Waals surface area contributed by atoms with Gasteiger partial charge in [0.15, 0.2) is 0 Å². The summed E-state index contributed by atoms with van der Waals surface area (Å²) >= 11 is 0. The highest BCUT2D eigenvalue weighted by Crippen LogP contribution is 2.46. The molecule has 0 saturated carbocycles. The van der Waals surface area contributed by atoms with Crippen LogP contribution >= 0.6 is 0 Å². The van der Waals surface area contributed by atoms with E-state index in [0.717, 1.165) is 36.0 Å². The van der Waals surface area contributed by atoms with E-state index < -0.39 is 0 Å². The molecule has 2 heteroatoms. The van der Waals surface area contributed by atoms with Gasteiger partial charge < -0.3 is 10.2 Å². The Balaban J connectivity index is 0.000000210. The topological polar surface area (TPSA) is 40.5 Å². The molecule has 0 fully saturated rings. The summed E-state index contributed by atoms with van der Waals surface area (Å²) in [7, 11) is 0. The Kier molecular flexibility index (Phi) is 6.08. The van der Waals surface area contributed by atoms with Crippen LogP contribution in [0.4, 0.5) is 0 Å². The van der Waals surface area contributed by atoms with Crippen molar-refractivity contribution < 1.29 is 10.2 Å². The molecule has 3 aliphatic rings. The third-order valence-electron chi connectivity index (χ3n) is 7.28. The standard InChI is InChI=1S/C25H18O2.C10H10/c26-19-9-5-16(6-10-19)22-13-14-23-21-4-2-1-3-18(21)15-24(23)25(22)17-7-11-20(27)12-8-17;1-2-6-9(5-1)10-7-3-4-8-10/h1-14,26-27H,15H2;1-5,7H,6,8H2. The maximum atomic E-state index is 9.73. The average molecular weight is 481 g/mol. The summed E-state index contributed by atoms with van der Waals surface area (Å²) < 4.78 is 0. The molecule has 0 spiro atoms. The lowest BCUT2D eigenvalue weighted by Crippen LogP contribution is -1.93. The molecule has 0 aromatic heterocycles. The van der Waals surface area contributed by atoms with Crippen LogP contribution in [0, 0.1) is 0 Å². The predicted octanol–water partition coefficient (Wildman–Crippen LogP) is 8.76. The van der Waals surface area contributed by atoms with Gasteiger partial charge in [-0.05, 0) is 99.2 Å². The van der Waals surface area contributed by atoms with Gasteiger partial charge in [0.05, 0.1) is 0 Å². The van der Waals surface area contributed by atoms with Gasteiger partial charge in [0.25, 0.3) is 0 Å². The Hall–Kier alpha value is -4.56. The molecule has 0 amide bonds. The van der Waals surface area contributed by atoms with Gasteiger partial charge in [-0.1, -0.05) is 97.1 Å². The van der Waals surface area contributed by atoms with Crippen molar-refractivity contribution in [1.82, 2.24) is 0 Å². The third-order valence-corrected chi connectivity index (χ3v) is 7.28. The molecule has 4 aromatic rings. The zero-order valence-corrected chi connectivity index (χ0v) is 20.6. The smallest absolute Gasteiger partial charge is 0.115 e. The second-order valence-corrected chi connectivity index (χ2v) is 9.59. The first-order valence-corrected chi connectivity index (χ1v) is 12.7.